The van der Waals surface area contributed by atoms with E-state index < -0.39 is 0 Å². The van der Waals surface area contributed by atoms with Gasteiger partial charge in [0.1, 0.15) is 18.0 Å². The van der Waals surface area contributed by atoms with E-state index in [1.54, 1.807) is 18.7 Å². The zero-order valence-corrected chi connectivity index (χ0v) is 14.5. The number of piperidine rings is 1. The molecule has 1 fully saturated rings. The fourth-order valence-electron chi connectivity index (χ4n) is 3.23. The lowest BCUT2D eigenvalue weighted by atomic mass is 9.97. The molecule has 25 heavy (non-hydrogen) atoms. The molecule has 1 aliphatic rings. The van der Waals surface area contributed by atoms with Crippen LogP contribution >= 0.6 is 11.6 Å². The van der Waals surface area contributed by atoms with Crippen molar-refractivity contribution in [3.63, 3.8) is 0 Å². The van der Waals surface area contributed by atoms with E-state index in [4.69, 9.17) is 11.6 Å². The first-order valence-electron chi connectivity index (χ1n) is 8.45. The summed E-state index contributed by atoms with van der Waals surface area (Å²) in [5.41, 5.74) is 0.902. The van der Waals surface area contributed by atoms with Gasteiger partial charge in [0.25, 0.3) is 0 Å². The van der Waals surface area contributed by atoms with E-state index in [0.717, 1.165) is 55.0 Å². The second-order valence-corrected chi connectivity index (χ2v) is 6.70. The van der Waals surface area contributed by atoms with Crippen LogP contribution in [0.5, 0.6) is 0 Å². The highest BCUT2D eigenvalue weighted by Crippen LogP contribution is 2.25. The lowest BCUT2D eigenvalue weighted by Crippen LogP contribution is -2.36. The van der Waals surface area contributed by atoms with Gasteiger partial charge in [0.2, 0.25) is 0 Å². The molecule has 0 atom stereocenters. The predicted molar refractivity (Wildman–Crippen MR) is 100 cm³/mol. The van der Waals surface area contributed by atoms with Crippen LogP contribution < -0.4 is 10.2 Å². The molecule has 0 amide bonds. The molecular formula is C18H19ClN6. The number of aromatic nitrogens is 4. The zero-order chi connectivity index (χ0) is 17.1. The van der Waals surface area contributed by atoms with Crippen molar-refractivity contribution in [2.45, 2.75) is 12.8 Å². The van der Waals surface area contributed by atoms with Crippen LogP contribution in [0.2, 0.25) is 5.02 Å². The Morgan fingerprint density at radius 3 is 2.80 bits per heavy atom. The lowest BCUT2D eigenvalue weighted by Gasteiger charge is -2.32. The number of rotatable bonds is 4. The number of hydrogen-bond acceptors (Lipinski definition) is 6. The number of nitrogens with zero attached hydrogens (tertiary/aromatic N) is 5. The standard InChI is InChI=1S/C18H19ClN6/c19-14-1-2-16-15(9-14)18(24-12-23-16)22-10-13-3-7-25(8-4-13)17-11-20-5-6-21-17/h1-2,5-6,9,11-13H,3-4,7-8,10H2,(H,22,23,24). The van der Waals surface area contributed by atoms with E-state index in [0.29, 0.717) is 10.9 Å². The first-order chi connectivity index (χ1) is 12.3. The number of nitrogens with one attached hydrogen (secondary N) is 1. The Kier molecular flexibility index (Phi) is 4.61. The molecule has 3 heterocycles. The van der Waals surface area contributed by atoms with Crippen molar-refractivity contribution in [1.29, 1.82) is 0 Å². The van der Waals surface area contributed by atoms with Crippen molar-refractivity contribution < 1.29 is 0 Å². The minimum absolute atomic E-state index is 0.608. The van der Waals surface area contributed by atoms with E-state index in [-0.39, 0.29) is 0 Å². The van der Waals surface area contributed by atoms with Gasteiger partial charge >= 0.3 is 0 Å². The van der Waals surface area contributed by atoms with Gasteiger partial charge in [-0.1, -0.05) is 11.6 Å². The Balaban J connectivity index is 1.38. The third kappa shape index (κ3) is 3.64. The van der Waals surface area contributed by atoms with Gasteiger partial charge in [0.05, 0.1) is 11.7 Å². The summed E-state index contributed by atoms with van der Waals surface area (Å²) in [7, 11) is 0. The molecule has 0 bridgehead atoms. The fraction of sp³-hybridized carbons (Fsp3) is 0.333. The molecule has 1 aromatic carbocycles. The summed E-state index contributed by atoms with van der Waals surface area (Å²) in [6.45, 7) is 2.90. The average molecular weight is 355 g/mol. The smallest absolute Gasteiger partial charge is 0.147 e. The fourth-order valence-corrected chi connectivity index (χ4v) is 3.40. The maximum absolute atomic E-state index is 6.11. The highest BCUT2D eigenvalue weighted by molar-refractivity contribution is 6.31. The molecule has 2 aromatic heterocycles. The second-order valence-electron chi connectivity index (χ2n) is 6.26. The molecule has 3 aromatic rings. The van der Waals surface area contributed by atoms with Crippen molar-refractivity contribution in [2.24, 2.45) is 5.92 Å². The van der Waals surface area contributed by atoms with Crippen LogP contribution in [0.1, 0.15) is 12.8 Å². The van der Waals surface area contributed by atoms with Crippen LogP contribution in [-0.2, 0) is 0 Å². The largest absolute Gasteiger partial charge is 0.369 e. The maximum atomic E-state index is 6.11. The molecule has 0 saturated carbocycles. The van der Waals surface area contributed by atoms with Gasteiger partial charge in [0, 0.05) is 42.4 Å². The van der Waals surface area contributed by atoms with Gasteiger partial charge in [-0.05, 0) is 37.0 Å². The Morgan fingerprint density at radius 1 is 1.12 bits per heavy atom. The first kappa shape index (κ1) is 16.0. The molecule has 0 unspecified atom stereocenters. The Morgan fingerprint density at radius 2 is 2.00 bits per heavy atom. The highest BCUT2D eigenvalue weighted by atomic mass is 35.5. The highest BCUT2D eigenvalue weighted by Gasteiger charge is 2.20. The van der Waals surface area contributed by atoms with Crippen LogP contribution in [0.4, 0.5) is 11.6 Å². The van der Waals surface area contributed by atoms with Gasteiger partial charge in [-0.3, -0.25) is 4.98 Å². The van der Waals surface area contributed by atoms with Crippen molar-refractivity contribution in [1.82, 2.24) is 19.9 Å². The molecular weight excluding hydrogens is 336 g/mol. The summed E-state index contributed by atoms with van der Waals surface area (Å²) < 4.78 is 0. The number of anilines is 2. The van der Waals surface area contributed by atoms with Crippen molar-refractivity contribution in [3.8, 4) is 0 Å². The van der Waals surface area contributed by atoms with Gasteiger partial charge in [-0.15, -0.1) is 0 Å². The SMILES string of the molecule is Clc1ccc2ncnc(NCC3CCN(c4cnccn4)CC3)c2c1. The summed E-state index contributed by atoms with van der Waals surface area (Å²) in [4.78, 5) is 19.5. The topological polar surface area (TPSA) is 66.8 Å². The monoisotopic (exact) mass is 354 g/mol. The van der Waals surface area contributed by atoms with Crippen LogP contribution in [0.15, 0.2) is 43.1 Å². The van der Waals surface area contributed by atoms with E-state index in [2.05, 4.69) is 30.2 Å². The quantitative estimate of drug-likeness (QED) is 0.774. The molecule has 0 spiro atoms. The molecule has 1 aliphatic heterocycles. The van der Waals surface area contributed by atoms with Crippen LogP contribution in [0, 0.1) is 5.92 Å². The van der Waals surface area contributed by atoms with E-state index in [9.17, 15) is 0 Å². The minimum atomic E-state index is 0.608. The molecule has 4 rings (SSSR count). The summed E-state index contributed by atoms with van der Waals surface area (Å²) in [6.07, 6.45) is 9.11. The number of benzene rings is 1. The summed E-state index contributed by atoms with van der Waals surface area (Å²) >= 11 is 6.11. The van der Waals surface area contributed by atoms with Gasteiger partial charge in [0.15, 0.2) is 0 Å². The Hall–Kier alpha value is -2.47. The average Bonchev–Trinajstić information content (AvgIpc) is 2.67. The van der Waals surface area contributed by atoms with Crippen LogP contribution in [0.25, 0.3) is 10.9 Å². The zero-order valence-electron chi connectivity index (χ0n) is 13.8. The Labute approximate surface area is 151 Å². The molecule has 0 aliphatic carbocycles. The number of hydrogen-bond donors (Lipinski definition) is 1. The molecule has 1 N–H and O–H groups in total. The predicted octanol–water partition coefficient (Wildman–Crippen LogP) is 3.40. The third-order valence-corrected chi connectivity index (χ3v) is 4.88. The first-order valence-corrected chi connectivity index (χ1v) is 8.82. The third-order valence-electron chi connectivity index (χ3n) is 4.64. The van der Waals surface area contributed by atoms with E-state index in [1.165, 1.54) is 0 Å². The molecule has 7 heteroatoms. The van der Waals surface area contributed by atoms with Crippen LogP contribution in [0.3, 0.4) is 0 Å². The molecule has 0 radical (unpaired) electrons. The van der Waals surface area contributed by atoms with Crippen molar-refractivity contribution in [3.05, 3.63) is 48.1 Å². The molecule has 128 valence electrons. The minimum Gasteiger partial charge on any atom is -0.369 e. The number of fused-ring (bicyclic) bond motifs is 1. The summed E-state index contributed by atoms with van der Waals surface area (Å²) in [6, 6.07) is 5.68. The van der Waals surface area contributed by atoms with Crippen molar-refractivity contribution >= 4 is 34.1 Å². The Bertz CT molecular complexity index is 849. The lowest BCUT2D eigenvalue weighted by molar-refractivity contribution is 0.421. The number of halogens is 1. The second kappa shape index (κ2) is 7.19. The molecule has 1 saturated heterocycles. The molecule has 6 nitrogen and oxygen atoms in total. The van der Waals surface area contributed by atoms with E-state index in [1.807, 2.05) is 24.4 Å². The van der Waals surface area contributed by atoms with E-state index >= 15 is 0 Å². The van der Waals surface area contributed by atoms with Gasteiger partial charge in [-0.2, -0.15) is 0 Å². The maximum Gasteiger partial charge on any atom is 0.147 e. The normalized spacial score (nSPS) is 15.5. The summed E-state index contributed by atoms with van der Waals surface area (Å²) in [5, 5.41) is 5.14. The van der Waals surface area contributed by atoms with Crippen LogP contribution in [-0.4, -0.2) is 39.6 Å². The van der Waals surface area contributed by atoms with Gasteiger partial charge < -0.3 is 10.2 Å². The van der Waals surface area contributed by atoms with Crippen molar-refractivity contribution in [2.75, 3.05) is 29.9 Å². The summed E-state index contributed by atoms with van der Waals surface area (Å²) in [5.74, 6) is 2.42. The van der Waals surface area contributed by atoms with Gasteiger partial charge in [-0.25, -0.2) is 15.0 Å².